The zero-order valence-electron chi connectivity index (χ0n) is 6.58. The zero-order chi connectivity index (χ0) is 6.24. The van der Waals surface area contributed by atoms with Crippen molar-refractivity contribution >= 4 is 0 Å². The Hall–Kier alpha value is 0.623. The molecule has 0 spiro atoms. The predicted octanol–water partition coefficient (Wildman–Crippen LogP) is 3.36. The summed E-state index contributed by atoms with van der Waals surface area (Å²) in [6, 6.07) is 0. The first-order chi connectivity index (χ1) is 3.91. The van der Waals surface area contributed by atoms with E-state index in [-0.39, 0.29) is 19.5 Å². The molecule has 0 atom stereocenters. The monoisotopic (exact) mass is 217 g/mol. The van der Waals surface area contributed by atoms with Gasteiger partial charge < -0.3 is 0 Å². The molecule has 0 aliphatic carbocycles. The molecular formula is C8H18Rh. The zero-order valence-corrected chi connectivity index (χ0v) is 8.21. The Kier molecular flexibility index (Phi) is 15.6. The molecule has 0 heterocycles. The van der Waals surface area contributed by atoms with Crippen molar-refractivity contribution in [2.45, 2.75) is 52.4 Å². The Balaban J connectivity index is 0. The van der Waals surface area contributed by atoms with Gasteiger partial charge in [0.2, 0.25) is 0 Å². The first kappa shape index (κ1) is 12.3. The van der Waals surface area contributed by atoms with Crippen molar-refractivity contribution in [2.75, 3.05) is 0 Å². The van der Waals surface area contributed by atoms with Gasteiger partial charge in [0.1, 0.15) is 0 Å². The number of hydrogen-bond acceptors (Lipinski definition) is 0. The van der Waals surface area contributed by atoms with Gasteiger partial charge in [0.15, 0.2) is 0 Å². The second-order valence-electron chi connectivity index (χ2n) is 2.41. The summed E-state index contributed by atoms with van der Waals surface area (Å²) < 4.78 is 0. The summed E-state index contributed by atoms with van der Waals surface area (Å²) in [4.78, 5) is 0. The molecule has 0 saturated heterocycles. The second kappa shape index (κ2) is 11.4. The minimum Gasteiger partial charge on any atom is -0.0654 e. The van der Waals surface area contributed by atoms with Gasteiger partial charge in [-0.15, -0.1) is 0 Å². The molecule has 0 aromatic heterocycles. The third-order valence-corrected chi connectivity index (χ3v) is 1.46. The minimum atomic E-state index is 0. The molecule has 0 rings (SSSR count). The van der Waals surface area contributed by atoms with Crippen molar-refractivity contribution in [2.24, 2.45) is 0 Å². The van der Waals surface area contributed by atoms with E-state index < -0.39 is 0 Å². The van der Waals surface area contributed by atoms with Gasteiger partial charge in [-0.2, -0.15) is 0 Å². The van der Waals surface area contributed by atoms with Crippen LogP contribution in [-0.4, -0.2) is 0 Å². The molecule has 0 fully saturated rings. The smallest absolute Gasteiger partial charge is 0 e. The van der Waals surface area contributed by atoms with E-state index in [9.17, 15) is 0 Å². The van der Waals surface area contributed by atoms with E-state index in [4.69, 9.17) is 0 Å². The van der Waals surface area contributed by atoms with Crippen LogP contribution < -0.4 is 0 Å². The third-order valence-electron chi connectivity index (χ3n) is 1.46. The van der Waals surface area contributed by atoms with E-state index in [1.165, 1.54) is 38.5 Å². The van der Waals surface area contributed by atoms with E-state index in [0.717, 1.165) is 0 Å². The molecule has 0 aromatic carbocycles. The van der Waals surface area contributed by atoms with E-state index in [1.54, 1.807) is 0 Å². The van der Waals surface area contributed by atoms with Crippen molar-refractivity contribution in [3.05, 3.63) is 0 Å². The molecule has 1 radical (unpaired) electrons. The maximum absolute atomic E-state index is 2.26. The fourth-order valence-electron chi connectivity index (χ4n) is 0.854. The van der Waals surface area contributed by atoms with Crippen LogP contribution in [-0.2, 0) is 19.5 Å². The average molecular weight is 217 g/mol. The molecule has 0 bridgehead atoms. The molecule has 0 nitrogen and oxygen atoms in total. The molecule has 59 valence electrons. The predicted molar refractivity (Wildman–Crippen MR) is 39.0 cm³/mol. The molecule has 0 aromatic rings. The molecule has 0 aliphatic rings. The Morgan fingerprint density at radius 1 is 0.667 bits per heavy atom. The van der Waals surface area contributed by atoms with Gasteiger partial charge in [-0.05, 0) is 0 Å². The van der Waals surface area contributed by atoms with Crippen LogP contribution in [0, 0.1) is 0 Å². The van der Waals surface area contributed by atoms with Crippen LogP contribution in [0.4, 0.5) is 0 Å². The topological polar surface area (TPSA) is 0 Å². The van der Waals surface area contributed by atoms with Crippen molar-refractivity contribution in [1.29, 1.82) is 0 Å². The van der Waals surface area contributed by atoms with Crippen molar-refractivity contribution in [1.82, 2.24) is 0 Å². The second-order valence-corrected chi connectivity index (χ2v) is 2.41. The fourth-order valence-corrected chi connectivity index (χ4v) is 0.854. The van der Waals surface area contributed by atoms with Crippen LogP contribution in [0.15, 0.2) is 0 Å². The minimum absolute atomic E-state index is 0. The molecule has 0 N–H and O–H groups in total. The van der Waals surface area contributed by atoms with Gasteiger partial charge in [0, 0.05) is 19.5 Å². The van der Waals surface area contributed by atoms with Crippen LogP contribution >= 0.6 is 0 Å². The summed E-state index contributed by atoms with van der Waals surface area (Å²) >= 11 is 0. The average Bonchev–Trinajstić information content (AvgIpc) is 1.81. The Morgan fingerprint density at radius 3 is 1.22 bits per heavy atom. The summed E-state index contributed by atoms with van der Waals surface area (Å²) in [5.41, 5.74) is 0. The molecule has 0 aliphatic heterocycles. The van der Waals surface area contributed by atoms with Gasteiger partial charge in [-0.3, -0.25) is 0 Å². The summed E-state index contributed by atoms with van der Waals surface area (Å²) in [6.45, 7) is 4.51. The van der Waals surface area contributed by atoms with Crippen molar-refractivity contribution in [3.63, 3.8) is 0 Å². The number of rotatable bonds is 5. The molecule has 9 heavy (non-hydrogen) atoms. The summed E-state index contributed by atoms with van der Waals surface area (Å²) in [5, 5.41) is 0. The Bertz CT molecular complexity index is 29.5. The van der Waals surface area contributed by atoms with Gasteiger partial charge >= 0.3 is 0 Å². The summed E-state index contributed by atoms with van der Waals surface area (Å²) in [5.74, 6) is 0. The normalized spacial score (nSPS) is 8.67. The Morgan fingerprint density at radius 2 is 1.00 bits per heavy atom. The van der Waals surface area contributed by atoms with Crippen molar-refractivity contribution < 1.29 is 19.5 Å². The van der Waals surface area contributed by atoms with E-state index in [0.29, 0.717) is 0 Å². The SMILES string of the molecule is CCCCCCCC.[Rh]. The van der Waals surface area contributed by atoms with Gasteiger partial charge in [0.05, 0.1) is 0 Å². The van der Waals surface area contributed by atoms with E-state index >= 15 is 0 Å². The fraction of sp³-hybridized carbons (Fsp3) is 1.00. The van der Waals surface area contributed by atoms with Crippen LogP contribution in [0.1, 0.15) is 52.4 Å². The van der Waals surface area contributed by atoms with Crippen LogP contribution in [0.2, 0.25) is 0 Å². The largest absolute Gasteiger partial charge is 0.0654 e. The summed E-state index contributed by atoms with van der Waals surface area (Å²) in [6.07, 6.45) is 8.49. The molecule has 1 heteroatoms. The Labute approximate surface area is 72.2 Å². The molecule has 0 saturated carbocycles. The van der Waals surface area contributed by atoms with Crippen LogP contribution in [0.3, 0.4) is 0 Å². The standard InChI is InChI=1S/C8H18.Rh/c1-3-5-7-8-6-4-2;/h3-8H2,1-2H3;. The van der Waals surface area contributed by atoms with Crippen LogP contribution in [0.25, 0.3) is 0 Å². The van der Waals surface area contributed by atoms with Crippen LogP contribution in [0.5, 0.6) is 0 Å². The van der Waals surface area contributed by atoms with E-state index in [1.807, 2.05) is 0 Å². The maximum Gasteiger partial charge on any atom is 0 e. The maximum atomic E-state index is 2.26. The summed E-state index contributed by atoms with van der Waals surface area (Å²) in [7, 11) is 0. The first-order valence-electron chi connectivity index (χ1n) is 3.91. The third kappa shape index (κ3) is 12.0. The first-order valence-corrected chi connectivity index (χ1v) is 3.91. The van der Waals surface area contributed by atoms with Crippen molar-refractivity contribution in [3.8, 4) is 0 Å². The van der Waals surface area contributed by atoms with Gasteiger partial charge in [-0.1, -0.05) is 52.4 Å². The van der Waals surface area contributed by atoms with Gasteiger partial charge in [-0.25, -0.2) is 0 Å². The van der Waals surface area contributed by atoms with Gasteiger partial charge in [0.25, 0.3) is 0 Å². The molecule has 0 amide bonds. The quantitative estimate of drug-likeness (QED) is 0.489. The number of unbranched alkanes of at least 4 members (excludes halogenated alkanes) is 5. The molecule has 0 unspecified atom stereocenters. The van der Waals surface area contributed by atoms with E-state index in [2.05, 4.69) is 13.8 Å². The molecular weight excluding hydrogens is 199 g/mol. The number of hydrogen-bond donors (Lipinski definition) is 0.